The van der Waals surface area contributed by atoms with Gasteiger partial charge in [-0.25, -0.2) is 0 Å². The highest BCUT2D eigenvalue weighted by Crippen LogP contribution is 2.34. The molecule has 0 bridgehead atoms. The summed E-state index contributed by atoms with van der Waals surface area (Å²) in [5.41, 5.74) is 1.72. The Labute approximate surface area is 138 Å². The highest BCUT2D eigenvalue weighted by molar-refractivity contribution is 6.31. The smallest absolute Gasteiger partial charge is 0.255 e. The molecule has 2 amide bonds. The van der Waals surface area contributed by atoms with Crippen LogP contribution in [-0.4, -0.2) is 25.0 Å². The Bertz CT molecular complexity index is 776. The number of nitrogens with zero attached hydrogens (tertiary/aromatic N) is 1. The van der Waals surface area contributed by atoms with Gasteiger partial charge in [0.05, 0.1) is 12.2 Å². The summed E-state index contributed by atoms with van der Waals surface area (Å²) >= 11 is 5.90. The SMILES string of the molecule is CC(=O)N1CCOc2ccc(NC(=O)c3cccc(Cl)c3)cc21. The molecule has 1 heterocycles. The molecule has 0 aromatic heterocycles. The van der Waals surface area contributed by atoms with E-state index in [1.54, 1.807) is 47.4 Å². The van der Waals surface area contributed by atoms with Crippen molar-refractivity contribution in [3.8, 4) is 5.75 Å². The van der Waals surface area contributed by atoms with E-state index in [2.05, 4.69) is 5.32 Å². The van der Waals surface area contributed by atoms with Crippen molar-refractivity contribution >= 4 is 34.8 Å². The first-order valence-corrected chi connectivity index (χ1v) is 7.54. The van der Waals surface area contributed by atoms with Crippen LogP contribution in [0.15, 0.2) is 42.5 Å². The molecule has 23 heavy (non-hydrogen) atoms. The second kappa shape index (κ2) is 6.30. The van der Waals surface area contributed by atoms with E-state index in [9.17, 15) is 9.59 Å². The fourth-order valence-corrected chi connectivity index (χ4v) is 2.65. The molecule has 2 aromatic carbocycles. The monoisotopic (exact) mass is 330 g/mol. The fraction of sp³-hybridized carbons (Fsp3) is 0.176. The van der Waals surface area contributed by atoms with Crippen LogP contribution in [0.25, 0.3) is 0 Å². The third-order valence-electron chi connectivity index (χ3n) is 3.55. The van der Waals surface area contributed by atoms with Crippen molar-refractivity contribution in [3.05, 3.63) is 53.1 Å². The summed E-state index contributed by atoms with van der Waals surface area (Å²) in [6.45, 7) is 2.46. The number of hydrogen-bond acceptors (Lipinski definition) is 3. The zero-order chi connectivity index (χ0) is 16.4. The van der Waals surface area contributed by atoms with Crippen LogP contribution in [0.1, 0.15) is 17.3 Å². The summed E-state index contributed by atoms with van der Waals surface area (Å²) in [5.74, 6) is 0.304. The van der Waals surface area contributed by atoms with Crippen molar-refractivity contribution in [2.24, 2.45) is 0 Å². The number of fused-ring (bicyclic) bond motifs is 1. The van der Waals surface area contributed by atoms with Gasteiger partial charge in [0.25, 0.3) is 5.91 Å². The lowest BCUT2D eigenvalue weighted by atomic mass is 10.2. The minimum Gasteiger partial charge on any atom is -0.490 e. The van der Waals surface area contributed by atoms with Gasteiger partial charge in [-0.1, -0.05) is 17.7 Å². The lowest BCUT2D eigenvalue weighted by Gasteiger charge is -2.29. The molecule has 118 valence electrons. The van der Waals surface area contributed by atoms with E-state index < -0.39 is 0 Å². The Balaban J connectivity index is 1.85. The zero-order valence-corrected chi connectivity index (χ0v) is 13.3. The molecule has 0 unspecified atom stereocenters. The topological polar surface area (TPSA) is 58.6 Å². The van der Waals surface area contributed by atoms with Crippen molar-refractivity contribution in [1.82, 2.24) is 0 Å². The van der Waals surface area contributed by atoms with E-state index in [0.29, 0.717) is 40.9 Å². The van der Waals surface area contributed by atoms with Gasteiger partial charge in [-0.3, -0.25) is 9.59 Å². The van der Waals surface area contributed by atoms with Crippen LogP contribution >= 0.6 is 11.6 Å². The molecule has 6 heteroatoms. The van der Waals surface area contributed by atoms with Gasteiger partial charge in [0.2, 0.25) is 5.91 Å². The Morgan fingerprint density at radius 2 is 2.04 bits per heavy atom. The predicted octanol–water partition coefficient (Wildman–Crippen LogP) is 3.34. The summed E-state index contributed by atoms with van der Waals surface area (Å²) in [6.07, 6.45) is 0. The number of halogens is 1. The van der Waals surface area contributed by atoms with E-state index in [1.165, 1.54) is 6.92 Å². The molecule has 2 aromatic rings. The summed E-state index contributed by atoms with van der Waals surface area (Å²) in [7, 11) is 0. The standard InChI is InChI=1S/C17H15ClN2O3/c1-11(21)20-7-8-23-16-6-5-14(10-15(16)20)19-17(22)12-3-2-4-13(18)9-12/h2-6,9-10H,7-8H2,1H3,(H,19,22). The van der Waals surface area contributed by atoms with E-state index in [0.717, 1.165) is 0 Å². The van der Waals surface area contributed by atoms with E-state index in [4.69, 9.17) is 16.3 Å². The van der Waals surface area contributed by atoms with Gasteiger partial charge in [-0.2, -0.15) is 0 Å². The minimum absolute atomic E-state index is 0.0622. The summed E-state index contributed by atoms with van der Waals surface area (Å²) in [4.78, 5) is 25.6. The van der Waals surface area contributed by atoms with Gasteiger partial charge in [0.15, 0.2) is 0 Å². The molecule has 1 aliphatic rings. The first-order chi connectivity index (χ1) is 11.0. The van der Waals surface area contributed by atoms with Crippen molar-refractivity contribution in [1.29, 1.82) is 0 Å². The molecule has 3 rings (SSSR count). The molecule has 0 fully saturated rings. The maximum absolute atomic E-state index is 12.3. The molecule has 0 aliphatic carbocycles. The maximum Gasteiger partial charge on any atom is 0.255 e. The average Bonchev–Trinajstić information content (AvgIpc) is 2.54. The van der Waals surface area contributed by atoms with Crippen LogP contribution in [0.3, 0.4) is 0 Å². The van der Waals surface area contributed by atoms with Crippen LogP contribution in [0.4, 0.5) is 11.4 Å². The van der Waals surface area contributed by atoms with Crippen LogP contribution in [0.5, 0.6) is 5.75 Å². The Hall–Kier alpha value is -2.53. The van der Waals surface area contributed by atoms with Gasteiger partial charge in [-0.15, -0.1) is 0 Å². The lowest BCUT2D eigenvalue weighted by molar-refractivity contribution is -0.116. The van der Waals surface area contributed by atoms with Crippen molar-refractivity contribution in [2.45, 2.75) is 6.92 Å². The quantitative estimate of drug-likeness (QED) is 0.918. The molecule has 0 spiro atoms. The van der Waals surface area contributed by atoms with Gasteiger partial charge >= 0.3 is 0 Å². The van der Waals surface area contributed by atoms with Gasteiger partial charge in [0, 0.05) is 23.2 Å². The molecular weight excluding hydrogens is 316 g/mol. The molecule has 5 nitrogen and oxygen atoms in total. The largest absolute Gasteiger partial charge is 0.490 e. The van der Waals surface area contributed by atoms with E-state index >= 15 is 0 Å². The van der Waals surface area contributed by atoms with Crippen molar-refractivity contribution < 1.29 is 14.3 Å². The number of anilines is 2. The molecule has 1 N–H and O–H groups in total. The first kappa shape index (κ1) is 15.4. The molecule has 0 atom stereocenters. The van der Waals surface area contributed by atoms with Gasteiger partial charge in [0.1, 0.15) is 12.4 Å². The van der Waals surface area contributed by atoms with Crippen LogP contribution < -0.4 is 15.0 Å². The van der Waals surface area contributed by atoms with E-state index in [-0.39, 0.29) is 11.8 Å². The number of ether oxygens (including phenoxy) is 1. The maximum atomic E-state index is 12.3. The minimum atomic E-state index is -0.265. The summed E-state index contributed by atoms with van der Waals surface area (Å²) in [6, 6.07) is 11.9. The number of hydrogen-bond donors (Lipinski definition) is 1. The Morgan fingerprint density at radius 1 is 1.22 bits per heavy atom. The zero-order valence-electron chi connectivity index (χ0n) is 12.5. The third kappa shape index (κ3) is 3.29. The van der Waals surface area contributed by atoms with Crippen molar-refractivity contribution in [2.75, 3.05) is 23.4 Å². The first-order valence-electron chi connectivity index (χ1n) is 7.16. The number of carbonyl (C=O) groups excluding carboxylic acids is 2. The lowest BCUT2D eigenvalue weighted by Crippen LogP contribution is -2.36. The number of rotatable bonds is 2. The number of amides is 2. The summed E-state index contributed by atoms with van der Waals surface area (Å²) < 4.78 is 5.54. The number of benzene rings is 2. The third-order valence-corrected chi connectivity index (χ3v) is 3.78. The highest BCUT2D eigenvalue weighted by Gasteiger charge is 2.21. The van der Waals surface area contributed by atoms with Gasteiger partial charge < -0.3 is 15.0 Å². The highest BCUT2D eigenvalue weighted by atomic mass is 35.5. The van der Waals surface area contributed by atoms with Crippen LogP contribution in [0.2, 0.25) is 5.02 Å². The van der Waals surface area contributed by atoms with Crippen LogP contribution in [0, 0.1) is 0 Å². The normalized spacial score (nSPS) is 13.0. The molecule has 1 aliphatic heterocycles. The average molecular weight is 331 g/mol. The second-order valence-corrected chi connectivity index (χ2v) is 5.60. The summed E-state index contributed by atoms with van der Waals surface area (Å²) in [5, 5.41) is 3.30. The molecular formula is C17H15ClN2O3. The number of carbonyl (C=O) groups is 2. The number of nitrogens with one attached hydrogen (secondary N) is 1. The van der Waals surface area contributed by atoms with Gasteiger partial charge in [-0.05, 0) is 36.4 Å². The Morgan fingerprint density at radius 3 is 2.78 bits per heavy atom. The molecule has 0 saturated carbocycles. The molecule has 0 saturated heterocycles. The van der Waals surface area contributed by atoms with Crippen LogP contribution in [-0.2, 0) is 4.79 Å². The predicted molar refractivity (Wildman–Crippen MR) is 89.4 cm³/mol. The fourth-order valence-electron chi connectivity index (χ4n) is 2.46. The van der Waals surface area contributed by atoms with Crippen molar-refractivity contribution in [3.63, 3.8) is 0 Å². The Kier molecular flexibility index (Phi) is 4.21. The van der Waals surface area contributed by atoms with E-state index in [1.807, 2.05) is 0 Å². The second-order valence-electron chi connectivity index (χ2n) is 5.17. The molecule has 0 radical (unpaired) electrons.